The lowest BCUT2D eigenvalue weighted by atomic mass is 9.90. The second-order valence-corrected chi connectivity index (χ2v) is 8.34. The molecule has 2 unspecified atom stereocenters. The SMILES string of the molecule is CCCCC1CCC(c2ccc(C(F)(F)CCOc3ccc(OC)c(F)c3F)cc2F)OC1. The summed E-state index contributed by atoms with van der Waals surface area (Å²) in [6.45, 7) is 2.08. The average molecular weight is 472 g/mol. The van der Waals surface area contributed by atoms with Crippen molar-refractivity contribution < 1.29 is 36.2 Å². The molecule has 2 atom stereocenters. The quantitative estimate of drug-likeness (QED) is 0.339. The van der Waals surface area contributed by atoms with Crippen molar-refractivity contribution >= 4 is 0 Å². The smallest absolute Gasteiger partial charge is 0.276 e. The number of benzene rings is 2. The maximum absolute atomic E-state index is 14.7. The van der Waals surface area contributed by atoms with Gasteiger partial charge >= 0.3 is 0 Å². The Kier molecular flexibility index (Phi) is 8.57. The summed E-state index contributed by atoms with van der Waals surface area (Å²) < 4.78 is 87.0. The molecule has 0 aromatic heterocycles. The highest BCUT2D eigenvalue weighted by Crippen LogP contribution is 2.37. The van der Waals surface area contributed by atoms with Gasteiger partial charge in [-0.15, -0.1) is 0 Å². The van der Waals surface area contributed by atoms with Gasteiger partial charge in [-0.3, -0.25) is 0 Å². The van der Waals surface area contributed by atoms with Crippen LogP contribution in [-0.2, 0) is 10.7 Å². The molecule has 182 valence electrons. The Labute approximate surface area is 190 Å². The maximum atomic E-state index is 14.7. The third-order valence-corrected chi connectivity index (χ3v) is 6.01. The van der Waals surface area contributed by atoms with Crippen molar-refractivity contribution in [3.05, 3.63) is 58.9 Å². The summed E-state index contributed by atoms with van der Waals surface area (Å²) >= 11 is 0. The van der Waals surface area contributed by atoms with E-state index >= 15 is 0 Å². The summed E-state index contributed by atoms with van der Waals surface area (Å²) in [5.41, 5.74) is -0.235. The molecule has 1 aliphatic heterocycles. The minimum Gasteiger partial charge on any atom is -0.494 e. The predicted octanol–water partition coefficient (Wildman–Crippen LogP) is 7.33. The molecule has 1 aliphatic rings. The Hall–Kier alpha value is -2.35. The standard InChI is InChI=1S/C25H29F5O3/c1-3-4-5-16-6-9-20(33-15-16)18-8-7-17(14-19(18)26)25(29,30)12-13-32-22-11-10-21(31-2)23(27)24(22)28/h7-8,10-11,14,16,20H,3-6,9,12-13,15H2,1-2H3. The molecule has 1 fully saturated rings. The van der Waals surface area contributed by atoms with Gasteiger partial charge in [0.1, 0.15) is 5.82 Å². The first-order valence-electron chi connectivity index (χ1n) is 11.2. The van der Waals surface area contributed by atoms with E-state index in [1.165, 1.54) is 19.2 Å². The molecule has 0 bridgehead atoms. The minimum absolute atomic E-state index is 0.274. The second kappa shape index (κ2) is 11.2. The van der Waals surface area contributed by atoms with Crippen LogP contribution in [0, 0.1) is 23.4 Å². The fourth-order valence-electron chi connectivity index (χ4n) is 4.00. The van der Waals surface area contributed by atoms with Gasteiger partial charge in [-0.25, -0.2) is 13.2 Å². The first kappa shape index (κ1) is 25.3. The second-order valence-electron chi connectivity index (χ2n) is 8.34. The van der Waals surface area contributed by atoms with Gasteiger partial charge in [0, 0.05) is 17.5 Å². The van der Waals surface area contributed by atoms with Crippen LogP contribution in [0.25, 0.3) is 0 Å². The summed E-state index contributed by atoms with van der Waals surface area (Å²) in [5, 5.41) is 0. The summed E-state index contributed by atoms with van der Waals surface area (Å²) in [6, 6.07) is 5.57. The highest BCUT2D eigenvalue weighted by molar-refractivity contribution is 5.35. The fourth-order valence-corrected chi connectivity index (χ4v) is 4.00. The predicted molar refractivity (Wildman–Crippen MR) is 114 cm³/mol. The van der Waals surface area contributed by atoms with Crippen molar-refractivity contribution in [2.24, 2.45) is 5.92 Å². The number of unbranched alkanes of at least 4 members (excludes halogenated alkanes) is 1. The lowest BCUT2D eigenvalue weighted by Gasteiger charge is -2.30. The van der Waals surface area contributed by atoms with Gasteiger partial charge in [-0.2, -0.15) is 8.78 Å². The lowest BCUT2D eigenvalue weighted by molar-refractivity contribution is -0.0268. The van der Waals surface area contributed by atoms with Gasteiger partial charge in [0.2, 0.25) is 11.6 Å². The highest BCUT2D eigenvalue weighted by Gasteiger charge is 2.33. The van der Waals surface area contributed by atoms with Crippen LogP contribution >= 0.6 is 0 Å². The van der Waals surface area contributed by atoms with Crippen LogP contribution in [0.4, 0.5) is 22.0 Å². The summed E-state index contributed by atoms with van der Waals surface area (Å²) in [7, 11) is 1.17. The number of hydrogen-bond donors (Lipinski definition) is 0. The molecule has 8 heteroatoms. The Bertz CT molecular complexity index is 926. The van der Waals surface area contributed by atoms with E-state index in [-0.39, 0.29) is 11.3 Å². The van der Waals surface area contributed by atoms with Crippen LogP contribution in [0.2, 0.25) is 0 Å². The number of hydrogen-bond acceptors (Lipinski definition) is 3. The Morgan fingerprint density at radius 1 is 1.03 bits per heavy atom. The fraction of sp³-hybridized carbons (Fsp3) is 0.520. The van der Waals surface area contributed by atoms with Crippen LogP contribution in [-0.4, -0.2) is 20.3 Å². The van der Waals surface area contributed by atoms with Crippen LogP contribution < -0.4 is 9.47 Å². The topological polar surface area (TPSA) is 27.7 Å². The van der Waals surface area contributed by atoms with Gasteiger partial charge in [-0.1, -0.05) is 31.9 Å². The van der Waals surface area contributed by atoms with E-state index < -0.39 is 53.8 Å². The van der Waals surface area contributed by atoms with Gasteiger partial charge in [-0.05, 0) is 43.4 Å². The maximum Gasteiger partial charge on any atom is 0.276 e. The summed E-state index contributed by atoms with van der Waals surface area (Å²) in [4.78, 5) is 0. The zero-order chi connectivity index (χ0) is 24.0. The Morgan fingerprint density at radius 3 is 2.39 bits per heavy atom. The van der Waals surface area contributed by atoms with E-state index in [2.05, 4.69) is 11.7 Å². The molecule has 2 aromatic carbocycles. The molecule has 0 N–H and O–H groups in total. The molecular weight excluding hydrogens is 443 g/mol. The number of methoxy groups -OCH3 is 1. The van der Waals surface area contributed by atoms with Crippen molar-refractivity contribution in [3.63, 3.8) is 0 Å². The van der Waals surface area contributed by atoms with Crippen LogP contribution in [0.15, 0.2) is 30.3 Å². The Morgan fingerprint density at radius 2 is 1.76 bits per heavy atom. The summed E-state index contributed by atoms with van der Waals surface area (Å²) in [5.74, 6) is -7.11. The van der Waals surface area contributed by atoms with Gasteiger partial charge < -0.3 is 14.2 Å². The zero-order valence-electron chi connectivity index (χ0n) is 18.8. The van der Waals surface area contributed by atoms with Crippen LogP contribution in [0.5, 0.6) is 11.5 Å². The molecule has 1 heterocycles. The van der Waals surface area contributed by atoms with Crippen LogP contribution in [0.3, 0.4) is 0 Å². The van der Waals surface area contributed by atoms with E-state index in [9.17, 15) is 22.0 Å². The molecule has 2 aromatic rings. The highest BCUT2D eigenvalue weighted by atomic mass is 19.3. The normalized spacial score (nSPS) is 18.9. The number of rotatable bonds is 10. The van der Waals surface area contributed by atoms with E-state index in [0.717, 1.165) is 43.9 Å². The number of halogens is 5. The zero-order valence-corrected chi connectivity index (χ0v) is 18.8. The molecule has 0 amide bonds. The first-order chi connectivity index (χ1) is 15.8. The first-order valence-corrected chi connectivity index (χ1v) is 11.2. The molecule has 0 radical (unpaired) electrons. The minimum atomic E-state index is -3.42. The molecule has 3 nitrogen and oxygen atoms in total. The van der Waals surface area contributed by atoms with E-state index in [0.29, 0.717) is 18.9 Å². The number of alkyl halides is 2. The monoisotopic (exact) mass is 472 g/mol. The van der Waals surface area contributed by atoms with E-state index in [1.54, 1.807) is 0 Å². The molecule has 0 aliphatic carbocycles. The third-order valence-electron chi connectivity index (χ3n) is 6.01. The number of ether oxygens (including phenoxy) is 3. The van der Waals surface area contributed by atoms with Gasteiger partial charge in [0.05, 0.1) is 26.4 Å². The molecule has 1 saturated heterocycles. The van der Waals surface area contributed by atoms with Crippen molar-refractivity contribution in [2.75, 3.05) is 20.3 Å². The van der Waals surface area contributed by atoms with Crippen LogP contribution in [0.1, 0.15) is 62.7 Å². The van der Waals surface area contributed by atoms with Gasteiger partial charge in [0.25, 0.3) is 5.92 Å². The molecule has 33 heavy (non-hydrogen) atoms. The van der Waals surface area contributed by atoms with Gasteiger partial charge in [0.15, 0.2) is 11.5 Å². The molecular formula is C25H29F5O3. The van der Waals surface area contributed by atoms with E-state index in [4.69, 9.17) is 9.47 Å². The molecule has 3 rings (SSSR count). The molecule has 0 spiro atoms. The largest absolute Gasteiger partial charge is 0.494 e. The summed E-state index contributed by atoms with van der Waals surface area (Å²) in [6.07, 6.45) is 3.61. The van der Waals surface area contributed by atoms with Crippen molar-refractivity contribution in [3.8, 4) is 11.5 Å². The third kappa shape index (κ3) is 6.16. The van der Waals surface area contributed by atoms with Crippen molar-refractivity contribution in [1.29, 1.82) is 0 Å². The Balaban J connectivity index is 1.59. The van der Waals surface area contributed by atoms with Crippen molar-refractivity contribution in [2.45, 2.75) is 57.5 Å². The average Bonchev–Trinajstić information content (AvgIpc) is 2.81. The lowest BCUT2D eigenvalue weighted by Crippen LogP contribution is -2.22. The van der Waals surface area contributed by atoms with Crippen molar-refractivity contribution in [1.82, 2.24) is 0 Å². The molecule has 0 saturated carbocycles. The van der Waals surface area contributed by atoms with E-state index in [1.807, 2.05) is 0 Å².